The zero-order valence-electron chi connectivity index (χ0n) is 6.01. The summed E-state index contributed by atoms with van der Waals surface area (Å²) in [6, 6.07) is -0.310. The maximum absolute atomic E-state index is 10.4. The maximum atomic E-state index is 10.4. The van der Waals surface area contributed by atoms with Crippen LogP contribution in [0.1, 0.15) is 20.8 Å². The molecule has 3 heteroatoms. The quantitative estimate of drug-likeness (QED) is 0.571. The van der Waals surface area contributed by atoms with Crippen LogP contribution in [0.3, 0.4) is 0 Å². The number of aliphatic carboxylic acids is 1. The van der Waals surface area contributed by atoms with Crippen molar-refractivity contribution in [2.24, 2.45) is 11.1 Å². The molecule has 0 aromatic rings. The summed E-state index contributed by atoms with van der Waals surface area (Å²) in [5.74, 6) is -0.850. The van der Waals surface area contributed by atoms with Gasteiger partial charge in [0.1, 0.15) is 0 Å². The van der Waals surface area contributed by atoms with Crippen LogP contribution in [0, 0.1) is 5.41 Å². The van der Waals surface area contributed by atoms with Gasteiger partial charge in [0.15, 0.2) is 0 Å². The van der Waals surface area contributed by atoms with E-state index in [0.717, 1.165) is 0 Å². The van der Waals surface area contributed by atoms with Gasteiger partial charge < -0.3 is 10.8 Å². The first-order valence-electron chi connectivity index (χ1n) is 2.88. The molecule has 0 aliphatic rings. The first-order valence-corrected chi connectivity index (χ1v) is 2.88. The summed E-state index contributed by atoms with van der Waals surface area (Å²) in [6.07, 6.45) is 0. The smallest absolute Gasteiger partial charge is 0.310 e. The van der Waals surface area contributed by atoms with Crippen molar-refractivity contribution in [2.75, 3.05) is 0 Å². The van der Waals surface area contributed by atoms with E-state index in [-0.39, 0.29) is 6.04 Å². The molecular formula is C6H13NO2. The van der Waals surface area contributed by atoms with Gasteiger partial charge in [0.2, 0.25) is 0 Å². The molecule has 1 atom stereocenters. The van der Waals surface area contributed by atoms with E-state index in [0.29, 0.717) is 0 Å². The van der Waals surface area contributed by atoms with Gasteiger partial charge in [-0.1, -0.05) is 0 Å². The molecule has 0 saturated heterocycles. The first-order chi connectivity index (χ1) is 3.89. The lowest BCUT2D eigenvalue weighted by molar-refractivity contribution is -0.147. The Kier molecular flexibility index (Phi) is 2.20. The zero-order valence-corrected chi connectivity index (χ0v) is 6.01. The fourth-order valence-corrected chi connectivity index (χ4v) is 0.195. The molecule has 0 amide bonds. The van der Waals surface area contributed by atoms with Crippen LogP contribution in [0.2, 0.25) is 0 Å². The molecule has 0 aliphatic carbocycles. The minimum Gasteiger partial charge on any atom is -0.481 e. The number of rotatable bonds is 2. The van der Waals surface area contributed by atoms with Crippen molar-refractivity contribution in [2.45, 2.75) is 26.8 Å². The molecule has 0 bridgehead atoms. The van der Waals surface area contributed by atoms with Crippen molar-refractivity contribution in [1.29, 1.82) is 0 Å². The molecule has 0 aliphatic heterocycles. The van der Waals surface area contributed by atoms with Gasteiger partial charge >= 0.3 is 5.97 Å². The van der Waals surface area contributed by atoms with Crippen LogP contribution >= 0.6 is 0 Å². The number of carbonyl (C=O) groups is 1. The molecule has 0 unspecified atom stereocenters. The summed E-state index contributed by atoms with van der Waals surface area (Å²) in [7, 11) is 0. The van der Waals surface area contributed by atoms with E-state index in [1.54, 1.807) is 20.8 Å². The maximum Gasteiger partial charge on any atom is 0.310 e. The van der Waals surface area contributed by atoms with Crippen molar-refractivity contribution < 1.29 is 9.90 Å². The Balaban J connectivity index is 4.19. The van der Waals surface area contributed by atoms with Crippen molar-refractivity contribution in [3.63, 3.8) is 0 Å². The summed E-state index contributed by atoms with van der Waals surface area (Å²) in [4.78, 5) is 10.4. The topological polar surface area (TPSA) is 63.3 Å². The highest BCUT2D eigenvalue weighted by molar-refractivity contribution is 5.74. The molecule has 0 aromatic heterocycles. The van der Waals surface area contributed by atoms with E-state index in [1.165, 1.54) is 0 Å². The van der Waals surface area contributed by atoms with Gasteiger partial charge in [-0.2, -0.15) is 0 Å². The minimum absolute atomic E-state index is 0.310. The monoisotopic (exact) mass is 131 g/mol. The molecule has 9 heavy (non-hydrogen) atoms. The molecular weight excluding hydrogens is 118 g/mol. The van der Waals surface area contributed by atoms with E-state index < -0.39 is 11.4 Å². The van der Waals surface area contributed by atoms with Crippen LogP contribution in [0.25, 0.3) is 0 Å². The molecule has 0 aromatic carbocycles. The highest BCUT2D eigenvalue weighted by Crippen LogP contribution is 2.17. The molecule has 3 nitrogen and oxygen atoms in total. The molecule has 0 saturated carbocycles. The lowest BCUT2D eigenvalue weighted by atomic mass is 9.86. The first kappa shape index (κ1) is 8.43. The summed E-state index contributed by atoms with van der Waals surface area (Å²) in [5.41, 5.74) is 4.58. The van der Waals surface area contributed by atoms with E-state index in [2.05, 4.69) is 0 Å². The summed E-state index contributed by atoms with van der Waals surface area (Å²) in [5, 5.41) is 8.53. The van der Waals surface area contributed by atoms with E-state index in [9.17, 15) is 4.79 Å². The van der Waals surface area contributed by atoms with Crippen LogP contribution in [0.4, 0.5) is 0 Å². The number of carboxylic acid groups (broad SMARTS) is 1. The van der Waals surface area contributed by atoms with E-state index in [1.807, 2.05) is 0 Å². The van der Waals surface area contributed by atoms with Crippen molar-refractivity contribution in [1.82, 2.24) is 0 Å². The Morgan fingerprint density at radius 3 is 2.00 bits per heavy atom. The van der Waals surface area contributed by atoms with Gasteiger partial charge in [-0.25, -0.2) is 0 Å². The molecule has 0 fully saturated rings. The van der Waals surface area contributed by atoms with Crippen molar-refractivity contribution in [3.8, 4) is 0 Å². The van der Waals surface area contributed by atoms with Crippen LogP contribution in [0.15, 0.2) is 0 Å². The number of hydrogen-bond acceptors (Lipinski definition) is 2. The fraction of sp³-hybridized carbons (Fsp3) is 0.833. The summed E-state index contributed by atoms with van der Waals surface area (Å²) in [6.45, 7) is 4.91. The van der Waals surface area contributed by atoms with Gasteiger partial charge in [-0.05, 0) is 20.8 Å². The summed E-state index contributed by atoms with van der Waals surface area (Å²) >= 11 is 0. The average molecular weight is 131 g/mol. The molecule has 0 radical (unpaired) electrons. The highest BCUT2D eigenvalue weighted by Gasteiger charge is 2.30. The molecule has 3 N–H and O–H groups in total. The Hall–Kier alpha value is -0.570. The second-order valence-corrected chi connectivity index (χ2v) is 2.82. The Morgan fingerprint density at radius 1 is 1.67 bits per heavy atom. The SMILES string of the molecule is C[C@@H](N)C(C)(C)C(=O)O. The third-order valence-electron chi connectivity index (χ3n) is 1.69. The fourth-order valence-electron chi connectivity index (χ4n) is 0.195. The predicted octanol–water partition coefficient (Wildman–Crippen LogP) is 0.444. The number of carboxylic acids is 1. The zero-order chi connectivity index (χ0) is 7.65. The lowest BCUT2D eigenvalue weighted by Crippen LogP contribution is -2.40. The van der Waals surface area contributed by atoms with Crippen LogP contribution < -0.4 is 5.73 Å². The Morgan fingerprint density at radius 2 is 2.00 bits per heavy atom. The number of nitrogens with two attached hydrogens (primary N) is 1. The second kappa shape index (κ2) is 2.35. The molecule has 0 rings (SSSR count). The van der Waals surface area contributed by atoms with Crippen molar-refractivity contribution >= 4 is 5.97 Å². The van der Waals surface area contributed by atoms with Gasteiger partial charge in [0.05, 0.1) is 5.41 Å². The van der Waals surface area contributed by atoms with Gasteiger partial charge in [0, 0.05) is 6.04 Å². The van der Waals surface area contributed by atoms with Crippen LogP contribution in [-0.2, 0) is 4.79 Å². The second-order valence-electron chi connectivity index (χ2n) is 2.82. The normalized spacial score (nSPS) is 15.1. The number of hydrogen-bond donors (Lipinski definition) is 2. The molecule has 54 valence electrons. The third-order valence-corrected chi connectivity index (χ3v) is 1.69. The van der Waals surface area contributed by atoms with Gasteiger partial charge in [-0.15, -0.1) is 0 Å². The Labute approximate surface area is 54.9 Å². The van der Waals surface area contributed by atoms with E-state index >= 15 is 0 Å². The van der Waals surface area contributed by atoms with Crippen LogP contribution in [-0.4, -0.2) is 17.1 Å². The van der Waals surface area contributed by atoms with E-state index in [4.69, 9.17) is 10.8 Å². The summed E-state index contributed by atoms with van der Waals surface area (Å²) < 4.78 is 0. The largest absolute Gasteiger partial charge is 0.481 e. The highest BCUT2D eigenvalue weighted by atomic mass is 16.4. The molecule has 0 spiro atoms. The average Bonchev–Trinajstić information content (AvgIpc) is 1.65. The predicted molar refractivity (Wildman–Crippen MR) is 35.1 cm³/mol. The van der Waals surface area contributed by atoms with Crippen LogP contribution in [0.5, 0.6) is 0 Å². The molecule has 0 heterocycles. The van der Waals surface area contributed by atoms with Gasteiger partial charge in [0.25, 0.3) is 0 Å². The third kappa shape index (κ3) is 1.68. The Bertz CT molecular complexity index is 118. The van der Waals surface area contributed by atoms with Gasteiger partial charge in [-0.3, -0.25) is 4.79 Å². The van der Waals surface area contributed by atoms with Crippen molar-refractivity contribution in [3.05, 3.63) is 0 Å². The lowest BCUT2D eigenvalue weighted by Gasteiger charge is -2.22. The minimum atomic E-state index is -0.850. The standard InChI is InChI=1S/C6H13NO2/c1-4(7)6(2,3)5(8)9/h4H,7H2,1-3H3,(H,8,9)/t4-/m1/s1.